The number of carbonyl (C=O) groups is 1. The summed E-state index contributed by atoms with van der Waals surface area (Å²) in [5.74, 6) is 0.352. The van der Waals surface area contributed by atoms with Gasteiger partial charge in [-0.1, -0.05) is 19.9 Å². The van der Waals surface area contributed by atoms with Crippen molar-refractivity contribution in [2.75, 3.05) is 6.54 Å². The molecule has 3 nitrogen and oxygen atoms in total. The van der Waals surface area contributed by atoms with Gasteiger partial charge in [-0.3, -0.25) is 9.78 Å². The van der Waals surface area contributed by atoms with E-state index in [-0.39, 0.29) is 13.1 Å². The summed E-state index contributed by atoms with van der Waals surface area (Å²) in [7, 11) is 0. The van der Waals surface area contributed by atoms with Crippen LogP contribution in [0.4, 0.5) is 0 Å². The van der Waals surface area contributed by atoms with Crippen LogP contribution in [0.3, 0.4) is 0 Å². The molecule has 1 aromatic heterocycles. The Labute approximate surface area is 86.0 Å². The fraction of sp³-hybridized carbons (Fsp3) is 0.455. The van der Waals surface area contributed by atoms with Crippen LogP contribution >= 0.6 is 0 Å². The largest absolute Gasteiger partial charge is 0.306 e. The van der Waals surface area contributed by atoms with Gasteiger partial charge in [-0.15, -0.1) is 0 Å². The van der Waals surface area contributed by atoms with Crippen molar-refractivity contribution < 1.29 is 6.22 Å². The summed E-state index contributed by atoms with van der Waals surface area (Å²) in [4.78, 5) is 15.2. The summed E-state index contributed by atoms with van der Waals surface area (Å²) in [5, 5.41) is 3.09. The molecule has 0 fully saturated rings. The molecule has 0 aromatic carbocycles. The maximum Gasteiger partial charge on any atom is 0.149 e. The van der Waals surface area contributed by atoms with E-state index in [4.69, 9.17) is 0 Å². The molecule has 14 heavy (non-hydrogen) atoms. The average Bonchev–Trinajstić information content (AvgIpc) is 2.19. The van der Waals surface area contributed by atoms with Crippen molar-refractivity contribution in [3.05, 3.63) is 30.1 Å². The van der Waals surface area contributed by atoms with Crippen molar-refractivity contribution in [2.24, 2.45) is 5.92 Å². The number of nitrogens with zero attached hydrogens (tertiary/aromatic N) is 1. The fourth-order valence-electron chi connectivity index (χ4n) is 1.04. The third-order valence-corrected chi connectivity index (χ3v) is 2.00. The minimum absolute atomic E-state index is 0. The van der Waals surface area contributed by atoms with E-state index in [1.807, 2.05) is 26.0 Å². The van der Waals surface area contributed by atoms with Crippen LogP contribution in [0.2, 0.25) is 0 Å². The molecule has 0 radical (unpaired) electrons. The van der Waals surface area contributed by atoms with Gasteiger partial charge in [0.15, 0.2) is 0 Å². The highest BCUT2D eigenvalue weighted by Crippen LogP contribution is 1.96. The number of hydrogen-bond donors (Lipinski definition) is 1. The number of nitrogens with one attached hydrogen (secondary N) is 1. The van der Waals surface area contributed by atoms with Crippen molar-refractivity contribution >= 4 is 5.78 Å². The highest BCUT2D eigenvalue weighted by molar-refractivity contribution is 5.82. The van der Waals surface area contributed by atoms with Gasteiger partial charge in [-0.25, -0.2) is 0 Å². The second-order valence-electron chi connectivity index (χ2n) is 3.59. The number of ketones is 1. The highest BCUT2D eigenvalue weighted by atomic mass is 16.1. The lowest BCUT2D eigenvalue weighted by atomic mass is 10.1. The van der Waals surface area contributed by atoms with Crippen LogP contribution in [0.15, 0.2) is 24.5 Å². The van der Waals surface area contributed by atoms with Crippen LogP contribution in [0.5, 0.6) is 0 Å². The molecule has 0 bridgehead atoms. The first-order valence-electron chi connectivity index (χ1n) is 4.82. The summed E-state index contributed by atoms with van der Waals surface area (Å²) >= 11 is 0. The molecule has 78 valence electrons. The molecular weight excluding hydrogens is 176 g/mol. The zero-order chi connectivity index (χ0) is 10.4. The molecule has 0 unspecified atom stereocenters. The molecule has 0 saturated carbocycles. The van der Waals surface area contributed by atoms with Crippen molar-refractivity contribution in [1.82, 2.24) is 10.3 Å². The Morgan fingerprint density at radius 1 is 1.64 bits per heavy atom. The molecule has 3 heteroatoms. The number of aromatic nitrogens is 1. The quantitative estimate of drug-likeness (QED) is 0.774. The molecule has 1 heterocycles. The number of hydrogen-bond acceptors (Lipinski definition) is 3. The average molecular weight is 194 g/mol. The first-order valence-corrected chi connectivity index (χ1v) is 4.82. The van der Waals surface area contributed by atoms with Crippen LogP contribution in [0.1, 0.15) is 20.8 Å². The lowest BCUT2D eigenvalue weighted by Gasteiger charge is -2.05. The molecule has 0 spiro atoms. The van der Waals surface area contributed by atoms with Crippen LogP contribution in [-0.4, -0.2) is 17.3 Å². The van der Waals surface area contributed by atoms with Crippen LogP contribution in [-0.2, 0) is 11.3 Å². The normalized spacial score (nSPS) is 10.5. The predicted octanol–water partition coefficient (Wildman–Crippen LogP) is 1.64. The van der Waals surface area contributed by atoms with Gasteiger partial charge in [0.25, 0.3) is 0 Å². The van der Waals surface area contributed by atoms with Gasteiger partial charge in [0, 0.05) is 26.3 Å². The van der Waals surface area contributed by atoms with Gasteiger partial charge >= 0.3 is 0 Å². The van der Waals surface area contributed by atoms with Crippen LogP contribution in [0, 0.1) is 5.92 Å². The smallest absolute Gasteiger partial charge is 0.149 e. The third kappa shape index (κ3) is 3.66. The number of pyridine rings is 1. The van der Waals surface area contributed by atoms with Crippen LogP contribution < -0.4 is 5.32 Å². The third-order valence-electron chi connectivity index (χ3n) is 2.00. The maximum atomic E-state index is 11.3. The predicted molar refractivity (Wildman–Crippen MR) is 57.9 cm³/mol. The lowest BCUT2D eigenvalue weighted by molar-refractivity contribution is -0.121. The Morgan fingerprint density at radius 2 is 2.43 bits per heavy atom. The summed E-state index contributed by atoms with van der Waals surface area (Å²) in [6.07, 6.45) is 3.54. The number of rotatable bonds is 5. The summed E-state index contributed by atoms with van der Waals surface area (Å²) in [5.41, 5.74) is 1.10. The number of Topliss-reactive ketones (excluding diaryl/α,β-unsaturated/α-hetero) is 1. The molecule has 0 aliphatic heterocycles. The Bertz CT molecular complexity index is 288. The molecule has 1 aromatic rings. The monoisotopic (exact) mass is 194 g/mol. The van der Waals surface area contributed by atoms with Gasteiger partial charge in [-0.05, 0) is 11.6 Å². The first-order chi connectivity index (χ1) is 6.70. The zero-order valence-corrected chi connectivity index (χ0v) is 8.66. The van der Waals surface area contributed by atoms with E-state index in [9.17, 15) is 4.79 Å². The Hall–Kier alpha value is -1.22. The molecular formula is C11H18N2O. The van der Waals surface area contributed by atoms with Crippen molar-refractivity contribution in [2.45, 2.75) is 20.4 Å². The summed E-state index contributed by atoms with van der Waals surface area (Å²) < 4.78 is 0. The molecule has 0 atom stereocenters. The van der Waals surface area contributed by atoms with Crippen molar-refractivity contribution in [3.63, 3.8) is 0 Å². The van der Waals surface area contributed by atoms with Crippen molar-refractivity contribution in [3.8, 4) is 0 Å². The minimum Gasteiger partial charge on any atom is -0.306 e. The van der Waals surface area contributed by atoms with Gasteiger partial charge < -0.3 is 5.32 Å². The Morgan fingerprint density at radius 3 is 3.00 bits per heavy atom. The fourth-order valence-corrected chi connectivity index (χ4v) is 1.04. The molecule has 1 rings (SSSR count). The zero-order valence-electron chi connectivity index (χ0n) is 8.66. The highest BCUT2D eigenvalue weighted by Gasteiger charge is 2.05. The lowest BCUT2D eigenvalue weighted by Crippen LogP contribution is -2.25. The van der Waals surface area contributed by atoms with Gasteiger partial charge in [0.2, 0.25) is 0 Å². The van der Waals surface area contributed by atoms with E-state index >= 15 is 0 Å². The topological polar surface area (TPSA) is 42.0 Å². The van der Waals surface area contributed by atoms with Gasteiger partial charge in [-0.2, -0.15) is 0 Å². The maximum absolute atomic E-state index is 11.3. The van der Waals surface area contributed by atoms with E-state index in [2.05, 4.69) is 10.3 Å². The Kier molecular flexibility index (Phi) is 4.26. The summed E-state index contributed by atoms with van der Waals surface area (Å²) in [6, 6.07) is 3.88. The van der Waals surface area contributed by atoms with Gasteiger partial charge in [0.1, 0.15) is 5.78 Å². The van der Waals surface area contributed by atoms with Crippen LogP contribution in [0.25, 0.3) is 0 Å². The van der Waals surface area contributed by atoms with E-state index < -0.39 is 0 Å². The van der Waals surface area contributed by atoms with Gasteiger partial charge in [0.05, 0.1) is 6.54 Å². The first kappa shape index (κ1) is 10.9. The van der Waals surface area contributed by atoms with E-state index in [0.29, 0.717) is 13.1 Å². The summed E-state index contributed by atoms with van der Waals surface area (Å²) in [6.45, 7) is 4.96. The number of carbonyl (C=O) groups excluding carboxylic acids is 1. The second-order valence-corrected chi connectivity index (χ2v) is 3.59. The Balaban J connectivity index is 0.00000196. The molecule has 0 aliphatic carbocycles. The second kappa shape index (κ2) is 5.50. The van der Waals surface area contributed by atoms with Crippen molar-refractivity contribution in [1.29, 1.82) is 0 Å². The SMILES string of the molecule is CC(C)C(=O)CNCc1cccnc1.[HH]. The minimum atomic E-state index is 0. The molecule has 0 amide bonds. The molecule has 0 saturated heterocycles. The standard InChI is InChI=1S/C11H16N2O.H2/c1-9(2)11(14)8-13-7-10-4-3-5-12-6-10;/h3-6,9,13H,7-8H2,1-2H3;1H. The van der Waals surface area contributed by atoms with E-state index in [1.54, 1.807) is 12.4 Å². The molecule has 0 aliphatic rings. The van der Waals surface area contributed by atoms with E-state index in [1.165, 1.54) is 0 Å². The van der Waals surface area contributed by atoms with E-state index in [0.717, 1.165) is 5.56 Å². The molecule has 1 N–H and O–H groups in total.